The molecular weight excluding hydrogens is 384 g/mol. The first kappa shape index (κ1) is 19.8. The van der Waals surface area contributed by atoms with Crippen molar-refractivity contribution >= 4 is 27.9 Å². The molecule has 5 nitrogen and oxygen atoms in total. The summed E-state index contributed by atoms with van der Waals surface area (Å²) in [6.45, 7) is 10.2. The Morgan fingerprint density at radius 1 is 1.28 bits per heavy atom. The molecule has 1 aromatic carbocycles. The minimum Gasteiger partial charge on any atom is -0.444 e. The largest absolute Gasteiger partial charge is 0.444 e. The van der Waals surface area contributed by atoms with Crippen LogP contribution in [-0.2, 0) is 4.74 Å². The van der Waals surface area contributed by atoms with Crippen molar-refractivity contribution in [2.45, 2.75) is 39.7 Å². The highest BCUT2D eigenvalue weighted by molar-refractivity contribution is 9.10. The minimum atomic E-state index is -0.484. The third kappa shape index (κ3) is 5.73. The highest BCUT2D eigenvalue weighted by Gasteiger charge is 2.31. The van der Waals surface area contributed by atoms with Crippen molar-refractivity contribution in [1.29, 1.82) is 0 Å². The van der Waals surface area contributed by atoms with E-state index in [4.69, 9.17) is 4.74 Å². The fourth-order valence-corrected chi connectivity index (χ4v) is 3.18. The summed E-state index contributed by atoms with van der Waals surface area (Å²) in [5, 5.41) is 0. The van der Waals surface area contributed by atoms with Crippen LogP contribution in [0.2, 0.25) is 0 Å². The molecule has 0 saturated carbocycles. The quantitative estimate of drug-likeness (QED) is 0.748. The van der Waals surface area contributed by atoms with Crippen LogP contribution in [0.1, 0.15) is 44.5 Å². The van der Waals surface area contributed by atoms with E-state index in [1.165, 1.54) is 0 Å². The Balaban J connectivity index is 1.93. The van der Waals surface area contributed by atoms with Crippen molar-refractivity contribution in [3.8, 4) is 0 Å². The molecule has 2 rings (SSSR count). The van der Waals surface area contributed by atoms with Crippen molar-refractivity contribution in [2.75, 3.05) is 26.2 Å². The van der Waals surface area contributed by atoms with Crippen molar-refractivity contribution in [3.63, 3.8) is 0 Å². The fraction of sp³-hybridized carbons (Fsp3) is 0.579. The first-order valence-corrected chi connectivity index (χ1v) is 9.51. The molecule has 1 saturated heterocycles. The van der Waals surface area contributed by atoms with Crippen LogP contribution in [0.5, 0.6) is 0 Å². The Hall–Kier alpha value is -1.56. The molecule has 0 radical (unpaired) electrons. The molecule has 0 N–H and O–H groups in total. The summed E-state index contributed by atoms with van der Waals surface area (Å²) in [4.78, 5) is 28.4. The van der Waals surface area contributed by atoms with Gasteiger partial charge in [-0.25, -0.2) is 4.79 Å². The van der Waals surface area contributed by atoms with Crippen molar-refractivity contribution in [2.24, 2.45) is 5.92 Å². The lowest BCUT2D eigenvalue weighted by Gasteiger charge is -2.26. The van der Waals surface area contributed by atoms with Crippen LogP contribution in [0.4, 0.5) is 4.79 Å². The molecule has 1 atom stereocenters. The monoisotopic (exact) mass is 410 g/mol. The molecule has 25 heavy (non-hydrogen) atoms. The number of hydrogen-bond acceptors (Lipinski definition) is 3. The van der Waals surface area contributed by atoms with Gasteiger partial charge in [0.2, 0.25) is 0 Å². The van der Waals surface area contributed by atoms with Gasteiger partial charge in [-0.1, -0.05) is 15.9 Å². The topological polar surface area (TPSA) is 49.9 Å². The third-order valence-corrected chi connectivity index (χ3v) is 4.70. The van der Waals surface area contributed by atoms with Gasteiger partial charge in [0.1, 0.15) is 5.60 Å². The second kappa shape index (κ2) is 8.21. The van der Waals surface area contributed by atoms with Gasteiger partial charge in [0.05, 0.1) is 0 Å². The lowest BCUT2D eigenvalue weighted by Crippen LogP contribution is -2.38. The number of carbonyl (C=O) groups excluding carboxylic acids is 2. The highest BCUT2D eigenvalue weighted by atomic mass is 79.9. The molecular formula is C19H27BrN2O3. The van der Waals surface area contributed by atoms with Gasteiger partial charge in [-0.05, 0) is 64.3 Å². The molecule has 0 bridgehead atoms. The molecule has 0 aromatic heterocycles. The van der Waals surface area contributed by atoms with Crippen LogP contribution in [0.15, 0.2) is 28.7 Å². The predicted molar refractivity (Wildman–Crippen MR) is 102 cm³/mol. The first-order chi connectivity index (χ1) is 11.7. The van der Waals surface area contributed by atoms with Gasteiger partial charge < -0.3 is 14.5 Å². The van der Waals surface area contributed by atoms with Crippen LogP contribution in [0, 0.1) is 5.92 Å². The van der Waals surface area contributed by atoms with Gasteiger partial charge >= 0.3 is 6.09 Å². The van der Waals surface area contributed by atoms with Gasteiger partial charge in [0.25, 0.3) is 5.91 Å². The van der Waals surface area contributed by atoms with E-state index < -0.39 is 5.60 Å². The molecule has 1 aliphatic rings. The standard InChI is InChI=1S/C19H27BrN2O3/c1-5-21(17(23)15-6-8-16(20)9-7-15)12-14-10-11-22(13-14)18(24)25-19(2,3)4/h6-9,14H,5,10-13H2,1-4H3/t14-/m0/s1. The Bertz CT molecular complexity index is 610. The number of nitrogens with zero attached hydrogens (tertiary/aromatic N) is 2. The van der Waals surface area contributed by atoms with E-state index in [1.807, 2.05) is 56.9 Å². The smallest absolute Gasteiger partial charge is 0.410 e. The lowest BCUT2D eigenvalue weighted by atomic mass is 10.1. The zero-order chi connectivity index (χ0) is 18.6. The summed E-state index contributed by atoms with van der Waals surface area (Å²) >= 11 is 3.39. The van der Waals surface area contributed by atoms with Crippen LogP contribution >= 0.6 is 15.9 Å². The number of benzene rings is 1. The SMILES string of the molecule is CCN(C[C@@H]1CCN(C(=O)OC(C)(C)C)C1)C(=O)c1ccc(Br)cc1. The number of carbonyl (C=O) groups is 2. The fourth-order valence-electron chi connectivity index (χ4n) is 2.92. The maximum absolute atomic E-state index is 12.7. The molecule has 6 heteroatoms. The molecule has 1 aliphatic heterocycles. The second-order valence-corrected chi connectivity index (χ2v) is 8.35. The molecule has 1 aromatic rings. The Labute approximate surface area is 158 Å². The molecule has 2 amide bonds. The van der Waals surface area contributed by atoms with E-state index in [0.717, 1.165) is 10.9 Å². The number of likely N-dealkylation sites (tertiary alicyclic amines) is 1. The van der Waals surface area contributed by atoms with Gasteiger partial charge in [-0.3, -0.25) is 4.79 Å². The average molecular weight is 411 g/mol. The molecule has 0 unspecified atom stereocenters. The zero-order valence-corrected chi connectivity index (χ0v) is 17.0. The molecule has 1 fully saturated rings. The van der Waals surface area contributed by atoms with E-state index in [1.54, 1.807) is 4.90 Å². The van der Waals surface area contributed by atoms with Crippen LogP contribution in [0.25, 0.3) is 0 Å². The summed E-state index contributed by atoms with van der Waals surface area (Å²) in [5.74, 6) is 0.317. The summed E-state index contributed by atoms with van der Waals surface area (Å²) in [6.07, 6.45) is 0.626. The van der Waals surface area contributed by atoms with Gasteiger partial charge in [-0.15, -0.1) is 0 Å². The van der Waals surface area contributed by atoms with E-state index in [-0.39, 0.29) is 17.9 Å². The summed E-state index contributed by atoms with van der Waals surface area (Å²) in [5.41, 5.74) is 0.203. The number of halogens is 1. The minimum absolute atomic E-state index is 0.0331. The second-order valence-electron chi connectivity index (χ2n) is 7.43. The number of rotatable bonds is 4. The Kier molecular flexibility index (Phi) is 6.49. The van der Waals surface area contributed by atoms with Crippen molar-refractivity contribution in [1.82, 2.24) is 9.80 Å². The van der Waals surface area contributed by atoms with E-state index in [2.05, 4.69) is 15.9 Å². The summed E-state index contributed by atoms with van der Waals surface area (Å²) < 4.78 is 6.39. The molecule has 1 heterocycles. The van der Waals surface area contributed by atoms with Gasteiger partial charge in [-0.2, -0.15) is 0 Å². The Morgan fingerprint density at radius 2 is 1.92 bits per heavy atom. The van der Waals surface area contributed by atoms with Crippen molar-refractivity contribution < 1.29 is 14.3 Å². The van der Waals surface area contributed by atoms with Gasteiger partial charge in [0.15, 0.2) is 0 Å². The van der Waals surface area contributed by atoms with E-state index in [0.29, 0.717) is 31.7 Å². The summed E-state index contributed by atoms with van der Waals surface area (Å²) in [6, 6.07) is 7.41. The maximum atomic E-state index is 12.7. The predicted octanol–water partition coefficient (Wildman–Crippen LogP) is 4.17. The lowest BCUT2D eigenvalue weighted by molar-refractivity contribution is 0.0286. The number of hydrogen-bond donors (Lipinski definition) is 0. The summed E-state index contributed by atoms with van der Waals surface area (Å²) in [7, 11) is 0. The number of ether oxygens (including phenoxy) is 1. The van der Waals surface area contributed by atoms with Crippen LogP contribution in [0.3, 0.4) is 0 Å². The van der Waals surface area contributed by atoms with Crippen LogP contribution in [-0.4, -0.2) is 53.6 Å². The molecule has 138 valence electrons. The average Bonchev–Trinajstić information content (AvgIpc) is 3.00. The third-order valence-electron chi connectivity index (χ3n) is 4.18. The highest BCUT2D eigenvalue weighted by Crippen LogP contribution is 2.21. The maximum Gasteiger partial charge on any atom is 0.410 e. The van der Waals surface area contributed by atoms with Crippen LogP contribution < -0.4 is 0 Å². The molecule has 0 aliphatic carbocycles. The normalized spacial score (nSPS) is 17.5. The van der Waals surface area contributed by atoms with E-state index >= 15 is 0 Å². The first-order valence-electron chi connectivity index (χ1n) is 8.72. The molecule has 0 spiro atoms. The van der Waals surface area contributed by atoms with E-state index in [9.17, 15) is 9.59 Å². The zero-order valence-electron chi connectivity index (χ0n) is 15.4. The van der Waals surface area contributed by atoms with Crippen molar-refractivity contribution in [3.05, 3.63) is 34.3 Å². The Morgan fingerprint density at radius 3 is 2.48 bits per heavy atom. The van der Waals surface area contributed by atoms with Gasteiger partial charge in [0, 0.05) is 36.2 Å². The number of amides is 2.